The smallest absolute Gasteiger partial charge is 0.399 e. The van der Waals surface area contributed by atoms with Crippen LogP contribution in [0.1, 0.15) is 27.7 Å². The quantitative estimate of drug-likeness (QED) is 0.194. The predicted molar refractivity (Wildman–Crippen MR) is 188 cm³/mol. The summed E-state index contributed by atoms with van der Waals surface area (Å²) in [5, 5.41) is 7.35. The number of rotatable bonds is 3. The van der Waals surface area contributed by atoms with E-state index in [-0.39, 0.29) is 0 Å². The number of fused-ring (bicyclic) bond motifs is 7. The summed E-state index contributed by atoms with van der Waals surface area (Å²) in [5.74, 6) is 0. The SMILES string of the molecule is CC1(C)OB(c2ccc3c4ccccc4n(-c4cccc5c6ccccc6n(-c6ccc7ccccc7c6)c45)c3c2)OC1(C)C. The third-order valence-electron chi connectivity index (χ3n) is 10.1. The largest absolute Gasteiger partial charge is 0.494 e. The summed E-state index contributed by atoms with van der Waals surface area (Å²) in [5.41, 5.74) is 7.14. The zero-order chi connectivity index (χ0) is 30.5. The van der Waals surface area contributed by atoms with Crippen molar-refractivity contribution in [3.63, 3.8) is 0 Å². The first-order valence-electron chi connectivity index (χ1n) is 15.7. The minimum absolute atomic E-state index is 0.411. The first kappa shape index (κ1) is 26.6. The molecule has 0 spiro atoms. The third kappa shape index (κ3) is 3.81. The average Bonchev–Trinajstić information content (AvgIpc) is 3.64. The molecule has 0 saturated carbocycles. The van der Waals surface area contributed by atoms with E-state index in [0.717, 1.165) is 22.4 Å². The van der Waals surface area contributed by atoms with E-state index in [1.54, 1.807) is 0 Å². The zero-order valence-corrected chi connectivity index (χ0v) is 25.9. The van der Waals surface area contributed by atoms with Crippen LogP contribution in [0.25, 0.3) is 65.8 Å². The normalized spacial score (nSPS) is 16.1. The molecule has 8 aromatic rings. The van der Waals surface area contributed by atoms with Crippen molar-refractivity contribution in [3.8, 4) is 11.4 Å². The molecule has 45 heavy (non-hydrogen) atoms. The summed E-state index contributed by atoms with van der Waals surface area (Å²) < 4.78 is 17.9. The van der Waals surface area contributed by atoms with E-state index >= 15 is 0 Å². The molecule has 0 bridgehead atoms. The van der Waals surface area contributed by atoms with Gasteiger partial charge in [0.2, 0.25) is 0 Å². The van der Waals surface area contributed by atoms with Crippen LogP contribution in [0.2, 0.25) is 0 Å². The molecule has 1 fully saturated rings. The van der Waals surface area contributed by atoms with Crippen LogP contribution in [0.4, 0.5) is 0 Å². The van der Waals surface area contributed by atoms with Crippen LogP contribution < -0.4 is 5.46 Å². The molecule has 1 aliphatic heterocycles. The van der Waals surface area contributed by atoms with Crippen molar-refractivity contribution in [2.24, 2.45) is 0 Å². The summed E-state index contributed by atoms with van der Waals surface area (Å²) >= 11 is 0. The Kier molecular flexibility index (Phi) is 5.51. The molecule has 2 aromatic heterocycles. The van der Waals surface area contributed by atoms with Gasteiger partial charge in [-0.15, -0.1) is 0 Å². The second-order valence-corrected chi connectivity index (χ2v) is 13.3. The maximum absolute atomic E-state index is 6.51. The zero-order valence-electron chi connectivity index (χ0n) is 25.9. The minimum Gasteiger partial charge on any atom is -0.399 e. The lowest BCUT2D eigenvalue weighted by Crippen LogP contribution is -2.41. The van der Waals surface area contributed by atoms with Crippen LogP contribution >= 0.6 is 0 Å². The molecule has 0 amide bonds. The van der Waals surface area contributed by atoms with E-state index in [9.17, 15) is 0 Å². The molecule has 0 radical (unpaired) electrons. The topological polar surface area (TPSA) is 28.3 Å². The molecule has 0 atom stereocenters. The van der Waals surface area contributed by atoms with Gasteiger partial charge in [0.15, 0.2) is 0 Å². The van der Waals surface area contributed by atoms with E-state index < -0.39 is 18.3 Å². The summed E-state index contributed by atoms with van der Waals surface area (Å²) in [6.07, 6.45) is 0. The Morgan fingerprint density at radius 1 is 0.489 bits per heavy atom. The summed E-state index contributed by atoms with van der Waals surface area (Å²) in [4.78, 5) is 0. The fourth-order valence-corrected chi connectivity index (χ4v) is 7.14. The number of nitrogens with zero attached hydrogens (tertiary/aromatic N) is 2. The van der Waals surface area contributed by atoms with E-state index in [0.29, 0.717) is 0 Å². The van der Waals surface area contributed by atoms with Crippen LogP contribution in [0.3, 0.4) is 0 Å². The highest BCUT2D eigenvalue weighted by Gasteiger charge is 2.51. The summed E-state index contributed by atoms with van der Waals surface area (Å²) in [7, 11) is -0.439. The van der Waals surface area contributed by atoms with Gasteiger partial charge >= 0.3 is 7.12 Å². The number of hydrogen-bond acceptors (Lipinski definition) is 2. The van der Waals surface area contributed by atoms with Crippen molar-refractivity contribution in [1.29, 1.82) is 0 Å². The molecule has 0 N–H and O–H groups in total. The van der Waals surface area contributed by atoms with Crippen molar-refractivity contribution < 1.29 is 9.31 Å². The van der Waals surface area contributed by atoms with Crippen molar-refractivity contribution in [3.05, 3.63) is 127 Å². The molecule has 9 rings (SSSR count). The Labute approximate surface area is 262 Å². The van der Waals surface area contributed by atoms with Gasteiger partial charge in [0.05, 0.1) is 39.0 Å². The molecular weight excluding hydrogens is 551 g/mol. The Morgan fingerprint density at radius 2 is 1.09 bits per heavy atom. The highest BCUT2D eigenvalue weighted by Crippen LogP contribution is 2.41. The second-order valence-electron chi connectivity index (χ2n) is 13.3. The van der Waals surface area contributed by atoms with Crippen LogP contribution in [0.5, 0.6) is 0 Å². The van der Waals surface area contributed by atoms with Gasteiger partial charge in [-0.25, -0.2) is 0 Å². The number of hydrogen-bond donors (Lipinski definition) is 0. The number of benzene rings is 6. The maximum Gasteiger partial charge on any atom is 0.494 e. The predicted octanol–water partition coefficient (Wildman–Crippen LogP) is 9.33. The van der Waals surface area contributed by atoms with Crippen molar-refractivity contribution in [2.75, 3.05) is 0 Å². The fourth-order valence-electron chi connectivity index (χ4n) is 7.14. The van der Waals surface area contributed by atoms with Crippen LogP contribution in [0.15, 0.2) is 127 Å². The average molecular weight is 585 g/mol. The van der Waals surface area contributed by atoms with Crippen molar-refractivity contribution in [2.45, 2.75) is 38.9 Å². The molecule has 4 nitrogen and oxygen atoms in total. The Balaban J connectivity index is 1.37. The van der Waals surface area contributed by atoms with Crippen molar-refractivity contribution >= 4 is 67.0 Å². The van der Waals surface area contributed by atoms with Gasteiger partial charge in [0.1, 0.15) is 0 Å². The Morgan fingerprint density at radius 3 is 1.84 bits per heavy atom. The van der Waals surface area contributed by atoms with Gasteiger partial charge in [0.25, 0.3) is 0 Å². The Bertz CT molecular complexity index is 2450. The molecule has 3 heterocycles. The fraction of sp³-hybridized carbons (Fsp3) is 0.150. The molecule has 5 heteroatoms. The molecular formula is C40H33BN2O2. The monoisotopic (exact) mass is 584 g/mol. The number of aromatic nitrogens is 2. The minimum atomic E-state index is -0.439. The van der Waals surface area contributed by atoms with Crippen molar-refractivity contribution in [1.82, 2.24) is 9.13 Å². The lowest BCUT2D eigenvalue weighted by Gasteiger charge is -2.32. The molecule has 1 saturated heterocycles. The van der Waals surface area contributed by atoms with Gasteiger partial charge < -0.3 is 18.4 Å². The van der Waals surface area contributed by atoms with E-state index in [2.05, 4.69) is 164 Å². The standard InChI is InChI=1S/C40H33BN2O2/c1-39(2)40(3,4)45-41(44-39)28-21-23-32-30-14-7-10-18-35(30)43(37(32)25-28)36-19-11-16-33-31-15-8-9-17-34(31)42(38(33)36)29-22-20-26-12-5-6-13-27(26)24-29/h5-25H,1-4H3. The summed E-state index contributed by atoms with van der Waals surface area (Å²) in [6.45, 7) is 8.42. The Hall–Kier alpha value is -4.84. The van der Waals surface area contributed by atoms with E-state index in [1.165, 1.54) is 48.9 Å². The lowest BCUT2D eigenvalue weighted by molar-refractivity contribution is 0.00578. The van der Waals surface area contributed by atoms with Crippen LogP contribution in [-0.4, -0.2) is 27.5 Å². The summed E-state index contributed by atoms with van der Waals surface area (Å²) in [6, 6.07) is 46.1. The molecule has 218 valence electrons. The van der Waals surface area contributed by atoms with Crippen LogP contribution in [0, 0.1) is 0 Å². The van der Waals surface area contributed by atoms with Gasteiger partial charge in [-0.2, -0.15) is 0 Å². The van der Waals surface area contributed by atoms with Crippen LogP contribution in [-0.2, 0) is 9.31 Å². The third-order valence-corrected chi connectivity index (χ3v) is 10.1. The van der Waals surface area contributed by atoms with E-state index in [1.807, 2.05) is 0 Å². The van der Waals surface area contributed by atoms with Gasteiger partial charge in [-0.1, -0.05) is 91.0 Å². The van der Waals surface area contributed by atoms with E-state index in [4.69, 9.17) is 9.31 Å². The first-order valence-corrected chi connectivity index (χ1v) is 15.7. The highest BCUT2D eigenvalue weighted by molar-refractivity contribution is 6.62. The number of para-hydroxylation sites is 3. The van der Waals surface area contributed by atoms with Gasteiger partial charge in [0, 0.05) is 27.2 Å². The molecule has 0 unspecified atom stereocenters. The first-order chi connectivity index (χ1) is 21.8. The maximum atomic E-state index is 6.51. The van der Waals surface area contributed by atoms with Gasteiger partial charge in [-0.05, 0) is 80.3 Å². The lowest BCUT2D eigenvalue weighted by atomic mass is 9.79. The molecule has 6 aromatic carbocycles. The second kappa shape index (κ2) is 9.34. The molecule has 0 aliphatic carbocycles. The highest BCUT2D eigenvalue weighted by atomic mass is 16.7. The molecule has 1 aliphatic rings. The van der Waals surface area contributed by atoms with Gasteiger partial charge in [-0.3, -0.25) is 0 Å².